The highest BCUT2D eigenvalue weighted by atomic mass is 35.7. The summed E-state index contributed by atoms with van der Waals surface area (Å²) in [6.45, 7) is 1.87. The van der Waals surface area contributed by atoms with E-state index in [9.17, 15) is 18.5 Å². The summed E-state index contributed by atoms with van der Waals surface area (Å²) in [6, 6.07) is 7.40. The molecule has 122 valence electrons. The van der Waals surface area contributed by atoms with E-state index in [-0.39, 0.29) is 18.9 Å². The quantitative estimate of drug-likeness (QED) is 0.774. The number of rotatable bonds is 3. The van der Waals surface area contributed by atoms with Crippen molar-refractivity contribution in [3.63, 3.8) is 0 Å². The summed E-state index contributed by atoms with van der Waals surface area (Å²) in [5.74, 6) is -0.294. The van der Waals surface area contributed by atoms with Gasteiger partial charge in [-0.15, -0.1) is 0 Å². The van der Waals surface area contributed by atoms with Crippen LogP contribution in [0.25, 0.3) is 0 Å². The number of nitrogens with zero attached hydrogens (tertiary/aromatic N) is 3. The minimum absolute atomic E-state index is 0.0264. The lowest BCUT2D eigenvalue weighted by Gasteiger charge is -2.22. The number of halogens is 1. The Morgan fingerprint density at radius 2 is 1.96 bits per heavy atom. The molecule has 0 radical (unpaired) electrons. The Labute approximate surface area is 139 Å². The number of amides is 1. The molecule has 0 N–H and O–H groups in total. The molecule has 8 heteroatoms. The highest BCUT2D eigenvalue weighted by Crippen LogP contribution is 2.31. The predicted octanol–water partition coefficient (Wildman–Crippen LogP) is 1.83. The first-order valence-corrected chi connectivity index (χ1v) is 9.80. The third-order valence-corrected chi connectivity index (χ3v) is 6.21. The van der Waals surface area contributed by atoms with E-state index in [0.29, 0.717) is 11.3 Å². The van der Waals surface area contributed by atoms with Gasteiger partial charge in [-0.05, 0) is 31.0 Å². The number of carbonyl (C=O) groups excluding carboxylic acids is 1. The number of hydrogen-bond donors (Lipinski definition) is 0. The minimum atomic E-state index is -3.78. The van der Waals surface area contributed by atoms with Gasteiger partial charge in [0.1, 0.15) is 11.3 Å². The second kappa shape index (κ2) is 6.02. The van der Waals surface area contributed by atoms with E-state index >= 15 is 0 Å². The van der Waals surface area contributed by atoms with Crippen molar-refractivity contribution in [2.45, 2.75) is 24.5 Å². The summed E-state index contributed by atoms with van der Waals surface area (Å²) < 4.78 is 22.9. The second-order valence-corrected chi connectivity index (χ2v) is 8.72. The Kier molecular flexibility index (Phi) is 4.21. The van der Waals surface area contributed by atoms with Crippen molar-refractivity contribution in [3.05, 3.63) is 23.8 Å². The largest absolute Gasteiger partial charge is 0.370 e. The smallest absolute Gasteiger partial charge is 0.237 e. The van der Waals surface area contributed by atoms with Crippen LogP contribution in [-0.4, -0.2) is 39.2 Å². The van der Waals surface area contributed by atoms with E-state index in [4.69, 9.17) is 10.7 Å². The summed E-state index contributed by atoms with van der Waals surface area (Å²) in [4.78, 5) is 15.6. The van der Waals surface area contributed by atoms with Gasteiger partial charge in [0.25, 0.3) is 0 Å². The maximum atomic E-state index is 12.1. The Balaban J connectivity index is 1.89. The van der Waals surface area contributed by atoms with Crippen molar-refractivity contribution in [1.82, 2.24) is 0 Å². The molecule has 1 atom stereocenters. The molecule has 0 saturated carbocycles. The van der Waals surface area contributed by atoms with Crippen LogP contribution in [-0.2, 0) is 13.8 Å². The summed E-state index contributed by atoms with van der Waals surface area (Å²) >= 11 is 0. The summed E-state index contributed by atoms with van der Waals surface area (Å²) in [5, 5.41) is 8.49. The van der Waals surface area contributed by atoms with Crippen LogP contribution in [0.2, 0.25) is 0 Å². The number of benzene rings is 1. The van der Waals surface area contributed by atoms with Crippen molar-refractivity contribution in [2.24, 2.45) is 0 Å². The Morgan fingerprint density at radius 3 is 2.52 bits per heavy atom. The molecule has 0 aromatic heterocycles. The molecule has 1 amide bonds. The lowest BCUT2D eigenvalue weighted by Crippen LogP contribution is -2.27. The topological polar surface area (TPSA) is 81.5 Å². The molecule has 0 aliphatic carbocycles. The molecule has 2 aliphatic rings. The highest BCUT2D eigenvalue weighted by molar-refractivity contribution is 8.14. The van der Waals surface area contributed by atoms with Crippen molar-refractivity contribution in [2.75, 3.05) is 29.4 Å². The average Bonchev–Trinajstić information content (AvgIpc) is 3.15. The van der Waals surface area contributed by atoms with Gasteiger partial charge in [0.15, 0.2) is 0 Å². The summed E-state index contributed by atoms with van der Waals surface area (Å²) in [6.07, 6.45) is 2.08. The molecule has 1 unspecified atom stereocenters. The fraction of sp³-hybridized carbons (Fsp3) is 0.467. The van der Waals surface area contributed by atoms with Crippen LogP contribution < -0.4 is 9.80 Å². The minimum Gasteiger partial charge on any atom is -0.370 e. The molecule has 0 bridgehead atoms. The fourth-order valence-electron chi connectivity index (χ4n) is 3.13. The lowest BCUT2D eigenvalue weighted by atomic mass is 10.1. The molecule has 0 spiro atoms. The van der Waals surface area contributed by atoms with Crippen LogP contribution in [0.3, 0.4) is 0 Å². The molecule has 2 aliphatic heterocycles. The normalized spacial score (nSPS) is 21.7. The van der Waals surface area contributed by atoms with Gasteiger partial charge in [0.05, 0.1) is 11.3 Å². The number of hydrogen-bond acceptors (Lipinski definition) is 5. The molecule has 3 rings (SSSR count). The first kappa shape index (κ1) is 16.1. The zero-order chi connectivity index (χ0) is 16.6. The van der Waals surface area contributed by atoms with Crippen LogP contribution >= 0.6 is 10.7 Å². The van der Waals surface area contributed by atoms with Gasteiger partial charge in [0.2, 0.25) is 15.0 Å². The molecule has 1 aromatic rings. The fourth-order valence-corrected chi connectivity index (χ4v) is 4.15. The number of carbonyl (C=O) groups is 1. The summed E-state index contributed by atoms with van der Waals surface area (Å²) in [7, 11) is 1.58. The first-order valence-electron chi connectivity index (χ1n) is 7.43. The van der Waals surface area contributed by atoms with Gasteiger partial charge in [0, 0.05) is 42.4 Å². The first-order chi connectivity index (χ1) is 10.9. The Morgan fingerprint density at radius 1 is 1.26 bits per heavy atom. The second-order valence-electron chi connectivity index (χ2n) is 5.81. The molecule has 6 nitrogen and oxygen atoms in total. The molecular weight excluding hydrogens is 338 g/mol. The molecule has 2 heterocycles. The van der Waals surface area contributed by atoms with E-state index in [1.165, 1.54) is 4.90 Å². The molecule has 23 heavy (non-hydrogen) atoms. The van der Waals surface area contributed by atoms with Gasteiger partial charge in [-0.2, -0.15) is 5.26 Å². The third kappa shape index (κ3) is 3.14. The van der Waals surface area contributed by atoms with E-state index in [0.717, 1.165) is 31.6 Å². The zero-order valence-electron chi connectivity index (χ0n) is 12.4. The van der Waals surface area contributed by atoms with Gasteiger partial charge < -0.3 is 9.80 Å². The molecule has 2 saturated heterocycles. The van der Waals surface area contributed by atoms with Gasteiger partial charge >= 0.3 is 0 Å². The van der Waals surface area contributed by atoms with Gasteiger partial charge in [-0.25, -0.2) is 8.42 Å². The highest BCUT2D eigenvalue weighted by Gasteiger charge is 2.38. The SMILES string of the molecule is N#Cc1cc(N2CC(S(=O)(=O)Cl)CC2=O)ccc1N1CCCC1. The maximum Gasteiger partial charge on any atom is 0.237 e. The van der Waals surface area contributed by atoms with Crippen LogP contribution in [0.1, 0.15) is 24.8 Å². The van der Waals surface area contributed by atoms with Crippen LogP contribution in [0.4, 0.5) is 11.4 Å². The summed E-state index contributed by atoms with van der Waals surface area (Å²) in [5.41, 5.74) is 1.90. The van der Waals surface area contributed by atoms with Crippen molar-refractivity contribution in [1.29, 1.82) is 5.26 Å². The van der Waals surface area contributed by atoms with Gasteiger partial charge in [-0.3, -0.25) is 4.79 Å². The average molecular weight is 354 g/mol. The zero-order valence-corrected chi connectivity index (χ0v) is 14.0. The lowest BCUT2D eigenvalue weighted by molar-refractivity contribution is -0.117. The van der Waals surface area contributed by atoms with E-state index < -0.39 is 14.3 Å². The van der Waals surface area contributed by atoms with E-state index in [1.54, 1.807) is 12.1 Å². The van der Waals surface area contributed by atoms with Crippen LogP contribution in [0.15, 0.2) is 18.2 Å². The Hall–Kier alpha value is -1.78. The number of nitriles is 1. The molecule has 1 aromatic carbocycles. The molecular formula is C15H16ClN3O3S. The van der Waals surface area contributed by atoms with Crippen LogP contribution in [0, 0.1) is 11.3 Å². The van der Waals surface area contributed by atoms with Crippen molar-refractivity contribution < 1.29 is 13.2 Å². The van der Waals surface area contributed by atoms with E-state index in [2.05, 4.69) is 11.0 Å². The monoisotopic (exact) mass is 353 g/mol. The van der Waals surface area contributed by atoms with Crippen LogP contribution in [0.5, 0.6) is 0 Å². The number of anilines is 2. The van der Waals surface area contributed by atoms with E-state index in [1.807, 2.05) is 6.07 Å². The maximum absolute atomic E-state index is 12.1. The predicted molar refractivity (Wildman–Crippen MR) is 88.1 cm³/mol. The third-order valence-electron chi connectivity index (χ3n) is 4.35. The standard InChI is InChI=1S/C15H16ClN3O3S/c16-23(21,22)13-8-15(20)19(10-13)12-3-4-14(11(7-12)9-17)18-5-1-2-6-18/h3-4,7,13H,1-2,5-6,8,10H2. The molecule has 2 fully saturated rings. The Bertz CT molecular complexity index is 782. The van der Waals surface area contributed by atoms with Gasteiger partial charge in [-0.1, -0.05) is 0 Å². The van der Waals surface area contributed by atoms with Crippen molar-refractivity contribution in [3.8, 4) is 6.07 Å². The van der Waals surface area contributed by atoms with Crippen molar-refractivity contribution >= 4 is 37.0 Å².